The van der Waals surface area contributed by atoms with Crippen molar-refractivity contribution in [1.82, 2.24) is 0 Å². The minimum Gasteiger partial charge on any atom is -0.497 e. The summed E-state index contributed by atoms with van der Waals surface area (Å²) in [6, 6.07) is 0. The van der Waals surface area contributed by atoms with Gasteiger partial charge in [0, 0.05) is 10.8 Å². The molecule has 0 bridgehead atoms. The summed E-state index contributed by atoms with van der Waals surface area (Å²) < 4.78 is 5.82. The molecule has 0 unspecified atom stereocenters. The van der Waals surface area contributed by atoms with Gasteiger partial charge in [-0.3, -0.25) is 0 Å². The van der Waals surface area contributed by atoms with E-state index in [0.29, 0.717) is 0 Å². The Hall–Kier alpha value is -0.460. The fourth-order valence-electron chi connectivity index (χ4n) is 2.04. The Morgan fingerprint density at radius 3 is 2.15 bits per heavy atom. The van der Waals surface area contributed by atoms with E-state index < -0.39 is 0 Å². The molecule has 1 heteroatoms. The van der Waals surface area contributed by atoms with Crippen LogP contribution in [0.3, 0.4) is 0 Å². The molecule has 0 atom stereocenters. The van der Waals surface area contributed by atoms with E-state index in [9.17, 15) is 0 Å². The molecule has 0 amide bonds. The Morgan fingerprint density at radius 1 is 1.31 bits per heavy atom. The van der Waals surface area contributed by atoms with Crippen molar-refractivity contribution in [2.24, 2.45) is 10.8 Å². The van der Waals surface area contributed by atoms with E-state index in [2.05, 4.69) is 41.5 Å². The highest BCUT2D eigenvalue weighted by atomic mass is 16.5. The lowest BCUT2D eigenvalue weighted by Crippen LogP contribution is -2.15. The third-order valence-electron chi connectivity index (χ3n) is 2.70. The zero-order valence-corrected chi connectivity index (χ0v) is 9.82. The van der Waals surface area contributed by atoms with E-state index in [1.165, 1.54) is 11.3 Å². The Bertz CT molecular complexity index is 228. The molecule has 76 valence electrons. The van der Waals surface area contributed by atoms with Gasteiger partial charge >= 0.3 is 0 Å². The van der Waals surface area contributed by atoms with Gasteiger partial charge in [-0.15, -0.1) is 0 Å². The molecule has 0 spiro atoms. The number of hydrogen-bond donors (Lipinski definition) is 0. The van der Waals surface area contributed by atoms with E-state index in [0.717, 1.165) is 13.0 Å². The number of hydrogen-bond acceptors (Lipinski definition) is 1. The second-order valence-electron chi connectivity index (χ2n) is 5.58. The smallest absolute Gasteiger partial charge is 0.101 e. The topological polar surface area (TPSA) is 9.23 Å². The lowest BCUT2D eigenvalue weighted by Gasteiger charge is -2.22. The molecule has 1 nitrogen and oxygen atoms in total. The third-order valence-corrected chi connectivity index (χ3v) is 2.70. The Kier molecular flexibility index (Phi) is 2.48. The van der Waals surface area contributed by atoms with Gasteiger partial charge in [0.1, 0.15) is 5.76 Å². The lowest BCUT2D eigenvalue weighted by molar-refractivity contribution is 0.143. The van der Waals surface area contributed by atoms with Gasteiger partial charge < -0.3 is 4.74 Å². The second-order valence-corrected chi connectivity index (χ2v) is 5.58. The fourth-order valence-corrected chi connectivity index (χ4v) is 2.04. The molecular weight excluding hydrogens is 160 g/mol. The molecule has 0 radical (unpaired) electrons. The number of allylic oxidation sites excluding steroid dienone is 1. The summed E-state index contributed by atoms with van der Waals surface area (Å²) in [6.45, 7) is 14.3. The molecule has 1 heterocycles. The van der Waals surface area contributed by atoms with Crippen molar-refractivity contribution >= 4 is 0 Å². The Morgan fingerprint density at radius 2 is 1.85 bits per heavy atom. The zero-order chi connectivity index (χ0) is 10.3. The van der Waals surface area contributed by atoms with Crippen molar-refractivity contribution in [2.75, 3.05) is 6.61 Å². The second kappa shape index (κ2) is 3.04. The first-order valence-electron chi connectivity index (χ1n) is 5.16. The van der Waals surface area contributed by atoms with Crippen molar-refractivity contribution in [3.05, 3.63) is 11.3 Å². The van der Waals surface area contributed by atoms with E-state index in [1.54, 1.807) is 0 Å². The maximum atomic E-state index is 5.82. The molecule has 0 aromatic carbocycles. The first kappa shape index (κ1) is 10.6. The largest absolute Gasteiger partial charge is 0.497 e. The normalized spacial score (nSPS) is 22.0. The summed E-state index contributed by atoms with van der Waals surface area (Å²) in [5.74, 6) is 1.22. The van der Waals surface area contributed by atoms with Crippen LogP contribution in [-0.2, 0) is 4.74 Å². The maximum Gasteiger partial charge on any atom is 0.101 e. The van der Waals surface area contributed by atoms with Crippen molar-refractivity contribution in [3.8, 4) is 0 Å². The molecule has 13 heavy (non-hydrogen) atoms. The van der Waals surface area contributed by atoms with Crippen LogP contribution in [0.15, 0.2) is 11.3 Å². The van der Waals surface area contributed by atoms with Crippen LogP contribution in [0.25, 0.3) is 0 Å². The van der Waals surface area contributed by atoms with Gasteiger partial charge in [-0.1, -0.05) is 41.5 Å². The summed E-state index contributed by atoms with van der Waals surface area (Å²) in [4.78, 5) is 0. The maximum absolute atomic E-state index is 5.82. The van der Waals surface area contributed by atoms with Gasteiger partial charge in [0.05, 0.1) is 6.61 Å². The van der Waals surface area contributed by atoms with Crippen LogP contribution in [0, 0.1) is 10.8 Å². The van der Waals surface area contributed by atoms with Crippen LogP contribution >= 0.6 is 0 Å². The highest BCUT2D eigenvalue weighted by molar-refractivity contribution is 5.24. The molecule has 0 saturated carbocycles. The van der Waals surface area contributed by atoms with Gasteiger partial charge in [0.15, 0.2) is 0 Å². The molecule has 0 N–H and O–H groups in total. The van der Waals surface area contributed by atoms with Crippen LogP contribution in [0.5, 0.6) is 0 Å². The van der Waals surface area contributed by atoms with Gasteiger partial charge in [-0.05, 0) is 12.0 Å². The van der Waals surface area contributed by atoms with Gasteiger partial charge in [-0.2, -0.15) is 0 Å². The average molecular weight is 182 g/mol. The molecule has 0 fully saturated rings. The van der Waals surface area contributed by atoms with Gasteiger partial charge in [0.25, 0.3) is 0 Å². The quantitative estimate of drug-likeness (QED) is 0.600. The molecule has 1 aliphatic rings. The zero-order valence-electron chi connectivity index (χ0n) is 9.82. The molecule has 0 aromatic rings. The summed E-state index contributed by atoms with van der Waals surface area (Å²) in [6.07, 6.45) is 1.11. The van der Waals surface area contributed by atoms with Crippen molar-refractivity contribution in [1.29, 1.82) is 0 Å². The fraction of sp³-hybridized carbons (Fsp3) is 0.833. The highest BCUT2D eigenvalue weighted by Gasteiger charge is 2.37. The predicted octanol–water partition coefficient (Wildman–Crippen LogP) is 3.75. The number of ether oxygens (including phenoxy) is 1. The summed E-state index contributed by atoms with van der Waals surface area (Å²) in [7, 11) is 0. The van der Waals surface area contributed by atoms with Gasteiger partial charge in [0.2, 0.25) is 0 Å². The standard InChI is InChI=1S/C12H22O/c1-7-9-10(11(2,3)4)13-8-12(9,5)6/h7-8H2,1-6H3. The minimum atomic E-state index is 0.166. The highest BCUT2D eigenvalue weighted by Crippen LogP contribution is 2.44. The van der Waals surface area contributed by atoms with Crippen LogP contribution in [0.1, 0.15) is 48.0 Å². The monoisotopic (exact) mass is 182 g/mol. The molecule has 0 saturated heterocycles. The van der Waals surface area contributed by atoms with Crippen LogP contribution in [0.4, 0.5) is 0 Å². The Balaban J connectivity index is 3.08. The van der Waals surface area contributed by atoms with Crippen LogP contribution in [-0.4, -0.2) is 6.61 Å². The average Bonchev–Trinajstić information content (AvgIpc) is 2.23. The van der Waals surface area contributed by atoms with E-state index in [1.807, 2.05) is 0 Å². The summed E-state index contributed by atoms with van der Waals surface area (Å²) in [5, 5.41) is 0. The lowest BCUT2D eigenvalue weighted by atomic mass is 9.80. The van der Waals surface area contributed by atoms with Crippen LogP contribution in [0.2, 0.25) is 0 Å². The molecule has 1 aliphatic heterocycles. The first-order valence-corrected chi connectivity index (χ1v) is 5.16. The molecule has 0 aliphatic carbocycles. The number of rotatable bonds is 1. The molecule has 0 aromatic heterocycles. The first-order chi connectivity index (χ1) is 5.79. The molecule has 1 rings (SSSR count). The van der Waals surface area contributed by atoms with Crippen molar-refractivity contribution < 1.29 is 4.74 Å². The van der Waals surface area contributed by atoms with E-state index in [4.69, 9.17) is 4.74 Å². The minimum absolute atomic E-state index is 0.166. The molecular formula is C12H22O. The summed E-state index contributed by atoms with van der Waals surface area (Å²) in [5.41, 5.74) is 1.91. The van der Waals surface area contributed by atoms with Crippen molar-refractivity contribution in [2.45, 2.75) is 48.0 Å². The van der Waals surface area contributed by atoms with E-state index in [-0.39, 0.29) is 10.8 Å². The SMILES string of the molecule is CCC1=C(C(C)(C)C)OCC1(C)C. The Labute approximate surface area is 82.2 Å². The predicted molar refractivity (Wildman–Crippen MR) is 56.5 cm³/mol. The van der Waals surface area contributed by atoms with Crippen LogP contribution < -0.4 is 0 Å². The van der Waals surface area contributed by atoms with Crippen molar-refractivity contribution in [3.63, 3.8) is 0 Å². The van der Waals surface area contributed by atoms with Gasteiger partial charge in [-0.25, -0.2) is 0 Å². The third kappa shape index (κ3) is 1.90. The van der Waals surface area contributed by atoms with E-state index >= 15 is 0 Å². The summed E-state index contributed by atoms with van der Waals surface area (Å²) >= 11 is 0.